The number of carbonyl (C=O) groups excluding carboxylic acids is 1. The summed E-state index contributed by atoms with van der Waals surface area (Å²) >= 11 is 1.15. The van der Waals surface area contributed by atoms with Crippen LogP contribution in [0.2, 0.25) is 0 Å². The molecule has 1 aromatic rings. The number of methoxy groups -OCH3 is 1. The van der Waals surface area contributed by atoms with Gasteiger partial charge in [0.25, 0.3) is 0 Å². The predicted octanol–water partition coefficient (Wildman–Crippen LogP) is 1.66. The van der Waals surface area contributed by atoms with Crippen molar-refractivity contribution in [3.63, 3.8) is 0 Å². The molecular weight excluding hydrogens is 268 g/mol. The summed E-state index contributed by atoms with van der Waals surface area (Å²) in [4.78, 5) is 28.8. The van der Waals surface area contributed by atoms with Gasteiger partial charge >= 0.3 is 5.97 Å². The lowest BCUT2D eigenvalue weighted by atomic mass is 10.1. The first-order chi connectivity index (χ1) is 9.02. The monoisotopic (exact) mass is 284 g/mol. The molecule has 6 nitrogen and oxygen atoms in total. The van der Waals surface area contributed by atoms with Gasteiger partial charge in [-0.05, 0) is 12.8 Å². The van der Waals surface area contributed by atoms with Crippen LogP contribution in [0.5, 0.6) is 0 Å². The zero-order chi connectivity index (χ0) is 14.0. The van der Waals surface area contributed by atoms with E-state index in [1.807, 2.05) is 4.90 Å². The van der Waals surface area contributed by atoms with E-state index in [4.69, 9.17) is 9.84 Å². The van der Waals surface area contributed by atoms with Gasteiger partial charge in [-0.2, -0.15) is 0 Å². The van der Waals surface area contributed by atoms with E-state index >= 15 is 0 Å². The number of ether oxygens (including phenoxy) is 1. The molecule has 19 heavy (non-hydrogen) atoms. The third-order valence-electron chi connectivity index (χ3n) is 3.18. The molecule has 1 aliphatic heterocycles. The van der Waals surface area contributed by atoms with Crippen LogP contribution in [-0.2, 0) is 4.74 Å². The Balaban J connectivity index is 2.20. The number of Topliss-reactive ketones (excluding diaryl/α,β-unsaturated/α-hetero) is 1. The first-order valence-electron chi connectivity index (χ1n) is 6.05. The lowest BCUT2D eigenvalue weighted by molar-refractivity contribution is 0.0686. The highest BCUT2D eigenvalue weighted by Gasteiger charge is 2.26. The molecule has 104 valence electrons. The van der Waals surface area contributed by atoms with E-state index in [-0.39, 0.29) is 22.5 Å². The Hall–Kier alpha value is -1.47. The summed E-state index contributed by atoms with van der Waals surface area (Å²) < 4.78 is 5.29. The molecule has 2 heterocycles. The maximum Gasteiger partial charge on any atom is 0.356 e. The smallest absolute Gasteiger partial charge is 0.356 e. The number of carbonyl (C=O) groups is 2. The minimum Gasteiger partial charge on any atom is -0.476 e. The van der Waals surface area contributed by atoms with Crippen molar-refractivity contribution in [2.45, 2.75) is 25.9 Å². The number of hydrogen-bond acceptors (Lipinski definition) is 6. The fraction of sp³-hybridized carbons (Fsp3) is 0.583. The van der Waals surface area contributed by atoms with Crippen molar-refractivity contribution >= 4 is 28.2 Å². The van der Waals surface area contributed by atoms with E-state index < -0.39 is 5.97 Å². The number of aromatic nitrogens is 1. The van der Waals surface area contributed by atoms with Crippen molar-refractivity contribution in [1.82, 2.24) is 4.98 Å². The van der Waals surface area contributed by atoms with Crippen LogP contribution in [0.3, 0.4) is 0 Å². The summed E-state index contributed by atoms with van der Waals surface area (Å²) in [6.07, 6.45) is 2.02. The second-order valence-corrected chi connectivity index (χ2v) is 5.44. The first kappa shape index (κ1) is 14.0. The first-order valence-corrected chi connectivity index (χ1v) is 6.87. The molecule has 0 radical (unpaired) electrons. The fourth-order valence-electron chi connectivity index (χ4n) is 2.11. The van der Waals surface area contributed by atoms with E-state index in [1.54, 1.807) is 7.11 Å². The van der Waals surface area contributed by atoms with E-state index in [1.165, 1.54) is 6.92 Å². The molecule has 0 aromatic carbocycles. The van der Waals surface area contributed by atoms with Crippen LogP contribution in [0.1, 0.15) is 39.9 Å². The van der Waals surface area contributed by atoms with Gasteiger partial charge in [-0.25, -0.2) is 9.78 Å². The lowest BCUT2D eigenvalue weighted by Crippen LogP contribution is -2.36. The molecule has 0 spiro atoms. The molecular formula is C12H16N2O4S. The third-order valence-corrected chi connectivity index (χ3v) is 4.40. The fourth-order valence-corrected chi connectivity index (χ4v) is 3.11. The standard InChI is InChI=1S/C12H16N2O4S/c1-7(15)10-9(11(16)17)13-12(19-10)14-5-3-8(18-2)4-6-14/h8H,3-6H2,1-2H3,(H,16,17). The molecule has 0 unspecified atom stereocenters. The summed E-state index contributed by atoms with van der Waals surface area (Å²) in [5.74, 6) is -1.41. The van der Waals surface area contributed by atoms with Gasteiger partial charge in [0.15, 0.2) is 16.6 Å². The highest BCUT2D eigenvalue weighted by Crippen LogP contribution is 2.29. The molecule has 2 rings (SSSR count). The Bertz CT molecular complexity index is 460. The minimum absolute atomic E-state index is 0.138. The maximum absolute atomic E-state index is 11.4. The van der Waals surface area contributed by atoms with Gasteiger partial charge in [0.1, 0.15) is 4.88 Å². The molecule has 7 heteroatoms. The number of carboxylic acid groups (broad SMARTS) is 1. The van der Waals surface area contributed by atoms with Gasteiger partial charge in [-0.3, -0.25) is 4.79 Å². The predicted molar refractivity (Wildman–Crippen MR) is 71.3 cm³/mol. The van der Waals surface area contributed by atoms with E-state index in [2.05, 4.69) is 4.98 Å². The number of aromatic carboxylic acids is 1. The minimum atomic E-state index is -1.15. The van der Waals surface area contributed by atoms with Gasteiger partial charge in [0.2, 0.25) is 0 Å². The van der Waals surface area contributed by atoms with Crippen LogP contribution in [-0.4, -0.2) is 48.1 Å². The highest BCUT2D eigenvalue weighted by atomic mass is 32.1. The molecule has 1 aliphatic rings. The SMILES string of the molecule is COC1CCN(c2nc(C(=O)O)c(C(C)=O)s2)CC1. The summed E-state index contributed by atoms with van der Waals surface area (Å²) in [6, 6.07) is 0. The van der Waals surface area contributed by atoms with Gasteiger partial charge in [-0.1, -0.05) is 11.3 Å². The quantitative estimate of drug-likeness (QED) is 0.847. The van der Waals surface area contributed by atoms with Gasteiger partial charge in [0.05, 0.1) is 6.10 Å². The van der Waals surface area contributed by atoms with Gasteiger partial charge in [0, 0.05) is 27.1 Å². The zero-order valence-corrected chi connectivity index (χ0v) is 11.7. The van der Waals surface area contributed by atoms with Crippen LogP contribution in [0.4, 0.5) is 5.13 Å². The van der Waals surface area contributed by atoms with Crippen LogP contribution in [0, 0.1) is 0 Å². The normalized spacial score (nSPS) is 16.6. The number of hydrogen-bond donors (Lipinski definition) is 1. The van der Waals surface area contributed by atoms with Crippen molar-refractivity contribution in [1.29, 1.82) is 0 Å². The van der Waals surface area contributed by atoms with Gasteiger partial charge < -0.3 is 14.7 Å². The van der Waals surface area contributed by atoms with Crippen molar-refractivity contribution in [2.75, 3.05) is 25.1 Å². The number of rotatable bonds is 4. The summed E-state index contributed by atoms with van der Waals surface area (Å²) in [7, 11) is 1.69. The van der Waals surface area contributed by atoms with E-state index in [0.29, 0.717) is 5.13 Å². The van der Waals surface area contributed by atoms with Crippen molar-refractivity contribution in [3.8, 4) is 0 Å². The molecule has 0 saturated carbocycles. The molecule has 0 aliphatic carbocycles. The Morgan fingerprint density at radius 1 is 1.42 bits per heavy atom. The van der Waals surface area contributed by atoms with Crippen LogP contribution < -0.4 is 4.90 Å². The van der Waals surface area contributed by atoms with E-state index in [0.717, 1.165) is 37.3 Å². The zero-order valence-electron chi connectivity index (χ0n) is 10.9. The van der Waals surface area contributed by atoms with Crippen molar-refractivity contribution in [3.05, 3.63) is 10.6 Å². The molecule has 1 saturated heterocycles. The van der Waals surface area contributed by atoms with E-state index in [9.17, 15) is 9.59 Å². The Morgan fingerprint density at radius 3 is 2.47 bits per heavy atom. The van der Waals surface area contributed by atoms with Gasteiger partial charge in [-0.15, -0.1) is 0 Å². The Kier molecular flexibility index (Phi) is 4.16. The molecule has 1 aromatic heterocycles. The Morgan fingerprint density at radius 2 is 2.05 bits per heavy atom. The maximum atomic E-state index is 11.4. The summed E-state index contributed by atoms with van der Waals surface area (Å²) in [5.41, 5.74) is -0.138. The number of anilines is 1. The number of thiazole rings is 1. The highest BCUT2D eigenvalue weighted by molar-refractivity contribution is 7.17. The van der Waals surface area contributed by atoms with Crippen LogP contribution in [0.25, 0.3) is 0 Å². The largest absolute Gasteiger partial charge is 0.476 e. The average Bonchev–Trinajstić information content (AvgIpc) is 2.84. The van der Waals surface area contributed by atoms with Crippen LogP contribution in [0.15, 0.2) is 0 Å². The average molecular weight is 284 g/mol. The summed E-state index contributed by atoms with van der Waals surface area (Å²) in [5, 5.41) is 9.67. The third kappa shape index (κ3) is 2.93. The Labute approximate surface area is 115 Å². The number of carboxylic acids is 1. The van der Waals surface area contributed by atoms with Crippen LogP contribution >= 0.6 is 11.3 Å². The topological polar surface area (TPSA) is 79.7 Å². The molecule has 0 amide bonds. The molecule has 1 N–H and O–H groups in total. The number of nitrogens with zero attached hydrogens (tertiary/aromatic N) is 2. The van der Waals surface area contributed by atoms with Crippen molar-refractivity contribution < 1.29 is 19.4 Å². The second kappa shape index (κ2) is 5.66. The lowest BCUT2D eigenvalue weighted by Gasteiger charge is -2.30. The summed E-state index contributed by atoms with van der Waals surface area (Å²) in [6.45, 7) is 2.89. The number of piperidine rings is 1. The molecule has 1 fully saturated rings. The molecule has 0 atom stereocenters. The van der Waals surface area contributed by atoms with Crippen molar-refractivity contribution in [2.24, 2.45) is 0 Å². The molecule has 0 bridgehead atoms. The second-order valence-electron chi connectivity index (χ2n) is 4.46. The number of ketones is 1.